The highest BCUT2D eigenvalue weighted by Crippen LogP contribution is 2.22. The number of rotatable bonds is 7. The molecule has 0 spiro atoms. The number of nitro groups is 1. The van der Waals surface area contributed by atoms with E-state index in [-0.39, 0.29) is 17.7 Å². The highest BCUT2D eigenvalue weighted by atomic mass is 16.6. The van der Waals surface area contributed by atoms with E-state index in [0.717, 1.165) is 5.56 Å². The Morgan fingerprint density at radius 2 is 2.11 bits per heavy atom. The molecule has 0 atom stereocenters. The van der Waals surface area contributed by atoms with Crippen LogP contribution in [0.5, 0.6) is 5.75 Å². The number of non-ortho nitro benzene ring substituents is 1. The summed E-state index contributed by atoms with van der Waals surface area (Å²) in [5.74, 6) is 0.465. The van der Waals surface area contributed by atoms with Gasteiger partial charge in [0.25, 0.3) is 5.69 Å². The fourth-order valence-corrected chi connectivity index (χ4v) is 1.57. The van der Waals surface area contributed by atoms with Gasteiger partial charge in [0.05, 0.1) is 18.1 Å². The van der Waals surface area contributed by atoms with Crippen LogP contribution in [0.3, 0.4) is 0 Å². The molecule has 0 fully saturated rings. The maximum absolute atomic E-state index is 10.8. The second kappa shape index (κ2) is 6.49. The molecular weight excluding hydrogens is 248 g/mol. The monoisotopic (exact) mass is 268 g/mol. The van der Waals surface area contributed by atoms with Crippen molar-refractivity contribution in [3.8, 4) is 5.75 Å². The number of ether oxygens (including phenoxy) is 1. The minimum absolute atomic E-state index is 0.0116. The largest absolute Gasteiger partial charge is 0.496 e. The summed E-state index contributed by atoms with van der Waals surface area (Å²) in [5, 5.41) is 23.1. The lowest BCUT2D eigenvalue weighted by atomic mass is 9.95. The number of nitrogens with one attached hydrogen (secondary N) is 1. The van der Waals surface area contributed by atoms with E-state index in [4.69, 9.17) is 9.84 Å². The SMILES string of the molecule is COc1cc(CNCC(C)(C)CO)cc([N+](=O)[O-])c1. The first kappa shape index (κ1) is 15.4. The highest BCUT2D eigenvalue weighted by Gasteiger charge is 2.16. The zero-order valence-corrected chi connectivity index (χ0v) is 11.5. The normalized spacial score (nSPS) is 11.4. The molecule has 0 unspecified atom stereocenters. The second-order valence-corrected chi connectivity index (χ2v) is 5.22. The van der Waals surface area contributed by atoms with Crippen molar-refractivity contribution in [3.63, 3.8) is 0 Å². The standard InChI is InChI=1S/C13H20N2O4/c1-13(2,9-16)8-14-7-10-4-11(15(17)18)6-12(5-10)19-3/h4-6,14,16H,7-9H2,1-3H3. The zero-order chi connectivity index (χ0) is 14.5. The quantitative estimate of drug-likeness (QED) is 0.581. The molecule has 0 amide bonds. The molecule has 0 heterocycles. The van der Waals surface area contributed by atoms with Gasteiger partial charge in [-0.3, -0.25) is 10.1 Å². The van der Waals surface area contributed by atoms with Crippen LogP contribution in [0.1, 0.15) is 19.4 Å². The Hall–Kier alpha value is -1.66. The minimum Gasteiger partial charge on any atom is -0.496 e. The van der Waals surface area contributed by atoms with Crippen molar-refractivity contribution in [2.24, 2.45) is 5.41 Å². The second-order valence-electron chi connectivity index (χ2n) is 5.22. The summed E-state index contributed by atoms with van der Waals surface area (Å²) in [6.07, 6.45) is 0. The predicted molar refractivity (Wildman–Crippen MR) is 72.2 cm³/mol. The average Bonchev–Trinajstić information content (AvgIpc) is 2.38. The third kappa shape index (κ3) is 4.84. The molecule has 2 N–H and O–H groups in total. The fourth-order valence-electron chi connectivity index (χ4n) is 1.57. The topological polar surface area (TPSA) is 84.6 Å². The summed E-state index contributed by atoms with van der Waals surface area (Å²) < 4.78 is 5.04. The maximum Gasteiger partial charge on any atom is 0.273 e. The average molecular weight is 268 g/mol. The number of aliphatic hydroxyl groups excluding tert-OH is 1. The summed E-state index contributed by atoms with van der Waals surface area (Å²) in [6.45, 7) is 5.07. The fraction of sp³-hybridized carbons (Fsp3) is 0.538. The smallest absolute Gasteiger partial charge is 0.273 e. The molecule has 106 valence electrons. The van der Waals surface area contributed by atoms with Gasteiger partial charge in [0.1, 0.15) is 5.75 Å². The van der Waals surface area contributed by atoms with Crippen LogP contribution in [0.4, 0.5) is 5.69 Å². The molecule has 1 aromatic carbocycles. The van der Waals surface area contributed by atoms with E-state index < -0.39 is 4.92 Å². The summed E-state index contributed by atoms with van der Waals surface area (Å²) in [4.78, 5) is 10.4. The number of benzene rings is 1. The van der Waals surface area contributed by atoms with Crippen molar-refractivity contribution in [2.75, 3.05) is 20.3 Å². The van der Waals surface area contributed by atoms with Crippen molar-refractivity contribution in [2.45, 2.75) is 20.4 Å². The highest BCUT2D eigenvalue weighted by molar-refractivity contribution is 5.42. The van der Waals surface area contributed by atoms with E-state index in [1.165, 1.54) is 19.2 Å². The Morgan fingerprint density at radius 1 is 1.42 bits per heavy atom. The molecule has 1 rings (SSSR count). The molecule has 0 bridgehead atoms. The molecule has 0 radical (unpaired) electrons. The molecule has 0 saturated heterocycles. The van der Waals surface area contributed by atoms with Crippen LogP contribution in [0.25, 0.3) is 0 Å². The van der Waals surface area contributed by atoms with Gasteiger partial charge in [-0.25, -0.2) is 0 Å². The van der Waals surface area contributed by atoms with E-state index in [9.17, 15) is 10.1 Å². The Kier molecular flexibility index (Phi) is 5.26. The van der Waals surface area contributed by atoms with Gasteiger partial charge in [0.15, 0.2) is 0 Å². The van der Waals surface area contributed by atoms with Gasteiger partial charge in [-0.05, 0) is 11.6 Å². The molecule has 1 aromatic rings. The summed E-state index contributed by atoms with van der Waals surface area (Å²) >= 11 is 0. The number of nitro benzene ring substituents is 1. The molecule has 6 heteroatoms. The first-order valence-corrected chi connectivity index (χ1v) is 6.02. The van der Waals surface area contributed by atoms with Crippen LogP contribution in [0, 0.1) is 15.5 Å². The Bertz CT molecular complexity index is 446. The van der Waals surface area contributed by atoms with Crippen LogP contribution >= 0.6 is 0 Å². The van der Waals surface area contributed by atoms with Crippen LogP contribution in [0.2, 0.25) is 0 Å². The Balaban J connectivity index is 2.72. The summed E-state index contributed by atoms with van der Waals surface area (Å²) in [6, 6.07) is 4.66. The lowest BCUT2D eigenvalue weighted by Gasteiger charge is -2.22. The minimum atomic E-state index is -0.441. The van der Waals surface area contributed by atoms with Crippen molar-refractivity contribution >= 4 is 5.69 Å². The van der Waals surface area contributed by atoms with E-state index in [0.29, 0.717) is 18.8 Å². The first-order chi connectivity index (χ1) is 8.88. The number of hydrogen-bond donors (Lipinski definition) is 2. The van der Waals surface area contributed by atoms with Gasteiger partial charge in [0.2, 0.25) is 0 Å². The van der Waals surface area contributed by atoms with E-state index in [1.807, 2.05) is 13.8 Å². The molecule has 0 aliphatic rings. The molecule has 0 aliphatic heterocycles. The molecule has 0 aliphatic carbocycles. The van der Waals surface area contributed by atoms with E-state index >= 15 is 0 Å². The van der Waals surface area contributed by atoms with Crippen molar-refractivity contribution in [1.82, 2.24) is 5.32 Å². The molecule has 19 heavy (non-hydrogen) atoms. The molecule has 6 nitrogen and oxygen atoms in total. The van der Waals surface area contributed by atoms with Crippen LogP contribution < -0.4 is 10.1 Å². The van der Waals surface area contributed by atoms with Crippen molar-refractivity contribution in [3.05, 3.63) is 33.9 Å². The van der Waals surface area contributed by atoms with Gasteiger partial charge >= 0.3 is 0 Å². The molecular formula is C13H20N2O4. The maximum atomic E-state index is 10.8. The molecule has 0 aromatic heterocycles. The van der Waals surface area contributed by atoms with Crippen molar-refractivity contribution < 1.29 is 14.8 Å². The number of methoxy groups -OCH3 is 1. The Morgan fingerprint density at radius 3 is 2.63 bits per heavy atom. The summed E-state index contributed by atoms with van der Waals surface area (Å²) in [5.41, 5.74) is 0.572. The van der Waals surface area contributed by atoms with Gasteiger partial charge in [-0.15, -0.1) is 0 Å². The third-order valence-electron chi connectivity index (χ3n) is 2.76. The zero-order valence-electron chi connectivity index (χ0n) is 11.5. The molecule has 0 saturated carbocycles. The predicted octanol–water partition coefficient (Wildman–Crippen LogP) is 1.71. The van der Waals surface area contributed by atoms with Gasteiger partial charge < -0.3 is 15.2 Å². The van der Waals surface area contributed by atoms with Gasteiger partial charge in [0, 0.05) is 31.2 Å². The Labute approximate surface area is 112 Å². The number of aliphatic hydroxyl groups is 1. The summed E-state index contributed by atoms with van der Waals surface area (Å²) in [7, 11) is 1.48. The van der Waals surface area contributed by atoms with Crippen LogP contribution in [0.15, 0.2) is 18.2 Å². The number of hydrogen-bond acceptors (Lipinski definition) is 5. The van der Waals surface area contributed by atoms with E-state index in [1.54, 1.807) is 6.07 Å². The van der Waals surface area contributed by atoms with Crippen LogP contribution in [-0.4, -0.2) is 30.3 Å². The lowest BCUT2D eigenvalue weighted by molar-refractivity contribution is -0.385. The third-order valence-corrected chi connectivity index (χ3v) is 2.76. The van der Waals surface area contributed by atoms with Crippen molar-refractivity contribution in [1.29, 1.82) is 0 Å². The first-order valence-electron chi connectivity index (χ1n) is 6.02. The van der Waals surface area contributed by atoms with Crippen LogP contribution in [-0.2, 0) is 6.54 Å². The van der Waals surface area contributed by atoms with Gasteiger partial charge in [-0.2, -0.15) is 0 Å². The van der Waals surface area contributed by atoms with E-state index in [2.05, 4.69) is 5.32 Å². The lowest BCUT2D eigenvalue weighted by Crippen LogP contribution is -2.31. The number of nitrogens with zero attached hydrogens (tertiary/aromatic N) is 1. The van der Waals surface area contributed by atoms with Gasteiger partial charge in [-0.1, -0.05) is 13.8 Å².